The number of carbonyl (C=O) groups is 11. The zero-order valence-electron chi connectivity index (χ0n) is 32.7. The zero-order valence-corrected chi connectivity index (χ0v) is 32.7. The van der Waals surface area contributed by atoms with Gasteiger partial charge in [0.05, 0.1) is 38.8 Å². The molecule has 0 aromatic carbocycles. The molecule has 0 aliphatic rings. The number of nitrogens with two attached hydrogens (primary N) is 3. The molecule has 0 bridgehead atoms. The highest BCUT2D eigenvalue weighted by Crippen LogP contribution is 2.05. The molecule has 0 spiro atoms. The number of aliphatic carboxylic acids is 2. The third kappa shape index (κ3) is 21.9. The maximum Gasteiger partial charge on any atom is 0.326 e. The number of carboxylic acids is 2. The molecule has 59 heavy (non-hydrogen) atoms. The number of carboxylic acid groups (broad SMARTS) is 2. The summed E-state index contributed by atoms with van der Waals surface area (Å²) in [6.07, 6.45) is -0.151. The van der Waals surface area contributed by atoms with Crippen molar-refractivity contribution >= 4 is 65.1 Å². The summed E-state index contributed by atoms with van der Waals surface area (Å²) in [4.78, 5) is 135. The predicted molar refractivity (Wildman–Crippen MR) is 202 cm³/mol. The van der Waals surface area contributed by atoms with Gasteiger partial charge in [0.2, 0.25) is 53.2 Å². The van der Waals surface area contributed by atoms with E-state index in [2.05, 4.69) is 37.2 Å². The van der Waals surface area contributed by atoms with Crippen LogP contribution < -0.4 is 59.7 Å². The summed E-state index contributed by atoms with van der Waals surface area (Å²) in [6, 6.07) is -10.0. The third-order valence-electron chi connectivity index (χ3n) is 8.09. The second-order valence-electron chi connectivity index (χ2n) is 13.1. The summed E-state index contributed by atoms with van der Waals surface area (Å²) in [5.74, 6) is -11.3. The van der Waals surface area contributed by atoms with Gasteiger partial charge in [0.1, 0.15) is 36.3 Å². The minimum Gasteiger partial charge on any atom is -0.481 e. The smallest absolute Gasteiger partial charge is 0.326 e. The zero-order chi connectivity index (χ0) is 45.2. The second kappa shape index (κ2) is 28.4. The van der Waals surface area contributed by atoms with Crippen LogP contribution in [0.5, 0.6) is 0 Å². The summed E-state index contributed by atoms with van der Waals surface area (Å²) in [6.45, 7) is -0.185. The van der Waals surface area contributed by atoms with Crippen LogP contribution in [-0.4, -0.2) is 161 Å². The second-order valence-corrected chi connectivity index (χ2v) is 13.1. The highest BCUT2D eigenvalue weighted by molar-refractivity contribution is 5.97. The molecule has 0 heterocycles. The Labute approximate surface area is 338 Å². The van der Waals surface area contributed by atoms with Gasteiger partial charge >= 0.3 is 11.9 Å². The molecule has 0 saturated carbocycles. The Bertz CT molecular complexity index is 1500. The largest absolute Gasteiger partial charge is 0.481 e. The van der Waals surface area contributed by atoms with Gasteiger partial charge in [0, 0.05) is 6.42 Å². The number of hydrogen-bond acceptors (Lipinski definition) is 15. The standard InChI is InChI=1S/C33H57N11O15/c1-3-6-18(29(54)38-12-24(48)37-13-25(49)40-21(14-45)31(56)43-20(33(58)59)11-23(36)47)42-32(57)22(15-46)44-30(55)19(7-4-5-10-34)41-27(52)16(2)39-28(53)17(35)8-9-26(50)51/h16-22,45-46H,3-15,34-35H2,1-2H3,(H2,36,47)(H,37,48)(H,38,54)(H,39,53)(H,40,49)(H,41,52)(H,42,57)(H,43,56)(H,44,55)(H,50,51)(H,58,59)/t16-,17-,18-,19-,20-,21-,22-/m0/s1. The molecule has 0 aliphatic heterocycles. The van der Waals surface area contributed by atoms with Crippen LogP contribution >= 0.6 is 0 Å². The first-order valence-electron chi connectivity index (χ1n) is 18.5. The van der Waals surface area contributed by atoms with Crippen LogP contribution in [-0.2, 0) is 52.7 Å². The molecule has 7 atom stereocenters. The van der Waals surface area contributed by atoms with Crippen molar-refractivity contribution in [3.05, 3.63) is 0 Å². The molecule has 9 amide bonds. The SMILES string of the molecule is CCC[C@H](NC(=O)[C@H](CO)NC(=O)[C@H](CCCCN)NC(=O)[C@H](C)NC(=O)[C@@H](N)CCC(=O)O)C(=O)NCC(=O)NCC(=O)N[C@@H](CO)C(=O)N[C@@H](CC(N)=O)C(=O)O. The van der Waals surface area contributed by atoms with Crippen molar-refractivity contribution in [1.29, 1.82) is 0 Å². The number of unbranched alkanes of at least 4 members (excludes halogenated alkanes) is 1. The minimum atomic E-state index is -1.74. The molecule has 334 valence electrons. The van der Waals surface area contributed by atoms with E-state index in [4.69, 9.17) is 27.4 Å². The van der Waals surface area contributed by atoms with Gasteiger partial charge < -0.3 is 80.2 Å². The van der Waals surface area contributed by atoms with E-state index in [0.717, 1.165) is 0 Å². The van der Waals surface area contributed by atoms with Crippen molar-refractivity contribution < 1.29 is 73.2 Å². The van der Waals surface area contributed by atoms with Crippen LogP contribution in [0, 0.1) is 0 Å². The molecule has 0 fully saturated rings. The van der Waals surface area contributed by atoms with Gasteiger partial charge in [-0.2, -0.15) is 0 Å². The lowest BCUT2D eigenvalue weighted by Crippen LogP contribution is -2.59. The first-order valence-corrected chi connectivity index (χ1v) is 18.5. The van der Waals surface area contributed by atoms with E-state index >= 15 is 0 Å². The lowest BCUT2D eigenvalue weighted by Gasteiger charge is -2.25. The molecule has 26 nitrogen and oxygen atoms in total. The molecule has 0 aliphatic carbocycles. The average molecular weight is 848 g/mol. The molecule has 18 N–H and O–H groups in total. The van der Waals surface area contributed by atoms with Crippen LogP contribution in [0.15, 0.2) is 0 Å². The van der Waals surface area contributed by atoms with Gasteiger partial charge in [-0.15, -0.1) is 0 Å². The predicted octanol–water partition coefficient (Wildman–Crippen LogP) is -7.79. The van der Waals surface area contributed by atoms with E-state index in [1.165, 1.54) is 6.92 Å². The quantitative estimate of drug-likeness (QED) is 0.0299. The van der Waals surface area contributed by atoms with E-state index in [1.54, 1.807) is 6.92 Å². The summed E-state index contributed by atoms with van der Waals surface area (Å²) >= 11 is 0. The van der Waals surface area contributed by atoms with Gasteiger partial charge in [-0.1, -0.05) is 13.3 Å². The number of hydrogen-bond donors (Lipinski definition) is 15. The lowest BCUT2D eigenvalue weighted by molar-refractivity contribution is -0.144. The van der Waals surface area contributed by atoms with E-state index in [0.29, 0.717) is 19.3 Å². The van der Waals surface area contributed by atoms with Gasteiger partial charge in [-0.25, -0.2) is 4.79 Å². The summed E-state index contributed by atoms with van der Waals surface area (Å²) in [5.41, 5.74) is 16.2. The van der Waals surface area contributed by atoms with Gasteiger partial charge in [0.25, 0.3) is 0 Å². The third-order valence-corrected chi connectivity index (χ3v) is 8.09. The maximum atomic E-state index is 13.3. The van der Waals surface area contributed by atoms with Crippen molar-refractivity contribution in [2.45, 2.75) is 108 Å². The fourth-order valence-corrected chi connectivity index (χ4v) is 4.80. The number of aliphatic hydroxyl groups is 2. The number of primary amides is 1. The summed E-state index contributed by atoms with van der Waals surface area (Å²) in [5, 5.41) is 55.2. The molecular formula is C33H57N11O15. The Balaban J connectivity index is 5.36. The van der Waals surface area contributed by atoms with Crippen LogP contribution in [0.2, 0.25) is 0 Å². The number of rotatable bonds is 30. The first-order chi connectivity index (χ1) is 27.7. The molecule has 0 unspecified atom stereocenters. The van der Waals surface area contributed by atoms with E-state index < -0.39 is 140 Å². The molecule has 26 heteroatoms. The maximum absolute atomic E-state index is 13.3. The molecule has 0 rings (SSSR count). The lowest BCUT2D eigenvalue weighted by atomic mass is 10.1. The van der Waals surface area contributed by atoms with Gasteiger partial charge in [-0.05, 0) is 45.6 Å². The molecule has 0 aromatic rings. The summed E-state index contributed by atoms with van der Waals surface area (Å²) in [7, 11) is 0. The van der Waals surface area contributed by atoms with Crippen molar-refractivity contribution in [1.82, 2.24) is 42.5 Å². The van der Waals surface area contributed by atoms with Crippen LogP contribution in [0.1, 0.15) is 65.2 Å². The topological polar surface area (TPSA) is 443 Å². The molecule has 0 aromatic heterocycles. The van der Waals surface area contributed by atoms with E-state index in [1.807, 2.05) is 5.32 Å². The molecule has 0 saturated heterocycles. The van der Waals surface area contributed by atoms with Crippen molar-refractivity contribution in [2.24, 2.45) is 17.2 Å². The number of aliphatic hydroxyl groups excluding tert-OH is 2. The highest BCUT2D eigenvalue weighted by Gasteiger charge is 2.31. The fourth-order valence-electron chi connectivity index (χ4n) is 4.80. The molecular weight excluding hydrogens is 790 g/mol. The number of nitrogens with one attached hydrogen (secondary N) is 8. The average Bonchev–Trinajstić information content (AvgIpc) is 3.17. The van der Waals surface area contributed by atoms with Crippen molar-refractivity contribution in [3.8, 4) is 0 Å². The van der Waals surface area contributed by atoms with Gasteiger partial charge in [0.15, 0.2) is 0 Å². The van der Waals surface area contributed by atoms with Crippen LogP contribution in [0.4, 0.5) is 0 Å². The van der Waals surface area contributed by atoms with Gasteiger partial charge in [-0.3, -0.25) is 47.9 Å². The number of carbonyl (C=O) groups excluding carboxylic acids is 9. The van der Waals surface area contributed by atoms with Crippen molar-refractivity contribution in [2.75, 3.05) is 32.8 Å². The van der Waals surface area contributed by atoms with E-state index in [9.17, 15) is 63.0 Å². The van der Waals surface area contributed by atoms with E-state index in [-0.39, 0.29) is 32.2 Å². The van der Waals surface area contributed by atoms with Crippen molar-refractivity contribution in [3.63, 3.8) is 0 Å². The van der Waals surface area contributed by atoms with Crippen LogP contribution in [0.3, 0.4) is 0 Å². The Morgan fingerprint density at radius 1 is 0.576 bits per heavy atom. The monoisotopic (exact) mass is 847 g/mol. The normalized spacial score (nSPS) is 14.3. The molecule has 0 radical (unpaired) electrons. The first kappa shape index (κ1) is 53.0. The minimum absolute atomic E-state index is 0.0287. The Morgan fingerprint density at radius 3 is 1.61 bits per heavy atom. The Hall–Kier alpha value is -5.99. The fraction of sp³-hybridized carbons (Fsp3) is 0.667. The Kier molecular flexibility index (Phi) is 25.5. The number of amides is 9. The highest BCUT2D eigenvalue weighted by atomic mass is 16.4. The summed E-state index contributed by atoms with van der Waals surface area (Å²) < 4.78 is 0. The van der Waals surface area contributed by atoms with Crippen LogP contribution in [0.25, 0.3) is 0 Å². The Morgan fingerprint density at radius 2 is 1.08 bits per heavy atom.